The van der Waals surface area contributed by atoms with Crippen LogP contribution in [0.25, 0.3) is 33.7 Å². The van der Waals surface area contributed by atoms with Crippen LogP contribution in [0.5, 0.6) is 0 Å². The van der Waals surface area contributed by atoms with Crippen LogP contribution in [0.1, 0.15) is 41.1 Å². The normalized spacial score (nSPS) is 17.4. The van der Waals surface area contributed by atoms with Crippen LogP contribution >= 0.6 is 46.6 Å². The molecule has 11 heteroatoms. The lowest BCUT2D eigenvalue weighted by molar-refractivity contribution is -0.245. The molecule has 1 aliphatic heterocycles. The number of alkyl halides is 3. The largest absolute Gasteiger partial charge is 0.431 e. The topological polar surface area (TPSA) is 93.8 Å². The van der Waals surface area contributed by atoms with Gasteiger partial charge in [-0.05, 0) is 33.9 Å². The molecule has 0 spiro atoms. The van der Waals surface area contributed by atoms with E-state index in [2.05, 4.69) is 5.32 Å². The van der Waals surface area contributed by atoms with Crippen LogP contribution in [0.15, 0.2) is 143 Å². The molecule has 5 aromatic carbocycles. The summed E-state index contributed by atoms with van der Waals surface area (Å²) in [5.74, 6) is 0.636. The first-order valence-corrected chi connectivity index (χ1v) is 19.1. The Labute approximate surface area is 327 Å². The third-order valence-electron chi connectivity index (χ3n) is 8.85. The van der Waals surface area contributed by atoms with E-state index < -0.39 is 16.0 Å². The average Bonchev–Trinajstić information content (AvgIpc) is 3.64. The lowest BCUT2D eigenvalue weighted by Gasteiger charge is -2.36. The van der Waals surface area contributed by atoms with Crippen molar-refractivity contribution in [1.29, 1.82) is 0 Å². The molecule has 1 amide bonds. The second-order valence-corrected chi connectivity index (χ2v) is 15.8. The predicted molar refractivity (Wildman–Crippen MR) is 211 cm³/mol. The van der Waals surface area contributed by atoms with E-state index in [1.54, 1.807) is 0 Å². The van der Waals surface area contributed by atoms with Gasteiger partial charge in [0.15, 0.2) is 12.1 Å². The zero-order valence-corrected chi connectivity index (χ0v) is 31.4. The number of hydrogen-bond donors (Lipinski definition) is 2. The molecule has 6 aromatic rings. The Morgan fingerprint density at radius 2 is 1.42 bits per heavy atom. The highest BCUT2D eigenvalue weighted by Gasteiger charge is 2.33. The van der Waals surface area contributed by atoms with Crippen LogP contribution in [-0.4, -0.2) is 31.6 Å². The molecular formula is C42H35Cl3N2O5S. The monoisotopic (exact) mass is 784 g/mol. The smallest absolute Gasteiger partial charge is 0.272 e. The summed E-state index contributed by atoms with van der Waals surface area (Å²) in [6.45, 7) is 0.193. The van der Waals surface area contributed by atoms with Gasteiger partial charge in [-0.1, -0.05) is 174 Å². The van der Waals surface area contributed by atoms with E-state index in [-0.39, 0.29) is 25.4 Å². The summed E-state index contributed by atoms with van der Waals surface area (Å²) < 4.78 is 17.6. The summed E-state index contributed by atoms with van der Waals surface area (Å²) in [4.78, 5) is 17.0. The minimum Gasteiger partial charge on any atom is -0.431 e. The maximum absolute atomic E-state index is 12.0. The number of ether oxygens (including phenoxy) is 2. The van der Waals surface area contributed by atoms with Crippen molar-refractivity contribution >= 4 is 52.5 Å². The molecular weight excluding hydrogens is 751 g/mol. The first-order valence-electron chi connectivity index (χ1n) is 17.0. The van der Waals surface area contributed by atoms with Crippen molar-refractivity contribution in [2.45, 2.75) is 47.1 Å². The molecule has 1 aromatic heterocycles. The minimum absolute atomic E-state index is 0.0260. The molecule has 1 fully saturated rings. The van der Waals surface area contributed by atoms with E-state index in [4.69, 9.17) is 53.7 Å². The molecule has 0 saturated carbocycles. The van der Waals surface area contributed by atoms with Gasteiger partial charge in [0.1, 0.15) is 5.69 Å². The van der Waals surface area contributed by atoms with Gasteiger partial charge in [-0.15, -0.1) is 0 Å². The highest BCUT2D eigenvalue weighted by atomic mass is 35.6. The van der Waals surface area contributed by atoms with Gasteiger partial charge in [0.2, 0.25) is 0 Å². The Morgan fingerprint density at radius 3 is 2.09 bits per heavy atom. The van der Waals surface area contributed by atoms with Gasteiger partial charge < -0.3 is 24.3 Å². The second-order valence-electron chi connectivity index (χ2n) is 12.6. The number of aliphatic hydroxyl groups is 1. The lowest BCUT2D eigenvalue weighted by atomic mass is 9.99. The van der Waals surface area contributed by atoms with E-state index in [0.29, 0.717) is 17.4 Å². The molecule has 7 rings (SSSR count). The van der Waals surface area contributed by atoms with Crippen molar-refractivity contribution in [2.24, 2.45) is 0 Å². The summed E-state index contributed by atoms with van der Waals surface area (Å²) in [7, 11) is 0. The lowest BCUT2D eigenvalue weighted by Crippen LogP contribution is -2.33. The molecule has 1 saturated heterocycles. The van der Waals surface area contributed by atoms with Crippen molar-refractivity contribution in [2.75, 3.05) is 5.75 Å². The van der Waals surface area contributed by atoms with Crippen LogP contribution in [0.3, 0.4) is 0 Å². The third-order valence-corrected chi connectivity index (χ3v) is 10.3. The van der Waals surface area contributed by atoms with Crippen molar-refractivity contribution < 1.29 is 23.8 Å². The molecule has 270 valence electrons. The number of aliphatic hydroxyl groups excluding tert-OH is 1. The van der Waals surface area contributed by atoms with Crippen LogP contribution in [0.4, 0.5) is 0 Å². The van der Waals surface area contributed by atoms with Crippen LogP contribution in [0.2, 0.25) is 0 Å². The summed E-state index contributed by atoms with van der Waals surface area (Å²) in [6, 6.07) is 43.7. The highest BCUT2D eigenvalue weighted by molar-refractivity contribution is 7.99. The molecule has 7 nitrogen and oxygen atoms in total. The van der Waals surface area contributed by atoms with Gasteiger partial charge in [-0.3, -0.25) is 4.79 Å². The Kier molecular flexibility index (Phi) is 11.9. The molecule has 3 atom stereocenters. The quantitative estimate of drug-likeness (QED) is 0.0998. The molecule has 0 bridgehead atoms. The van der Waals surface area contributed by atoms with E-state index >= 15 is 0 Å². The fourth-order valence-electron chi connectivity index (χ4n) is 6.10. The van der Waals surface area contributed by atoms with E-state index in [9.17, 15) is 9.90 Å². The van der Waals surface area contributed by atoms with Crippen molar-refractivity contribution in [3.05, 3.63) is 156 Å². The van der Waals surface area contributed by atoms with Gasteiger partial charge in [0, 0.05) is 35.4 Å². The molecule has 2 heterocycles. The molecule has 53 heavy (non-hydrogen) atoms. The second kappa shape index (κ2) is 16.9. The number of hydrogen-bond acceptors (Lipinski definition) is 7. The molecule has 3 unspecified atom stereocenters. The number of thioether (sulfide) groups is 1. The average molecular weight is 786 g/mol. The number of carbonyl (C=O) groups excluding carboxylic acids is 1. The van der Waals surface area contributed by atoms with Crippen molar-refractivity contribution in [3.8, 4) is 33.7 Å². The summed E-state index contributed by atoms with van der Waals surface area (Å²) in [5, 5.41) is 12.8. The molecule has 1 aliphatic rings. The first kappa shape index (κ1) is 37.2. The van der Waals surface area contributed by atoms with E-state index in [1.165, 1.54) is 11.8 Å². The Hall–Kier alpha value is -4.12. The number of carbonyl (C=O) groups is 1. The van der Waals surface area contributed by atoms with E-state index in [1.807, 2.05) is 133 Å². The van der Waals surface area contributed by atoms with Crippen molar-refractivity contribution in [1.82, 2.24) is 10.3 Å². The highest BCUT2D eigenvalue weighted by Crippen LogP contribution is 2.41. The summed E-state index contributed by atoms with van der Waals surface area (Å²) in [6.07, 6.45) is -0.429. The third kappa shape index (κ3) is 9.34. The molecule has 0 aliphatic carbocycles. The Bertz CT molecular complexity index is 2070. The minimum atomic E-state index is -2.02. The maximum atomic E-state index is 12.0. The fraction of sp³-hybridized carbons (Fsp3) is 0.190. The SMILES string of the molecule is O=C(NCc1cccc(-c2ccc(C3OC(CSc4nc(-c5ccccc5)c(-c5ccccc5)o4)CC(c4ccc(CO)cc4)O3)cc2)c1)C(Cl)(Cl)Cl. The van der Waals surface area contributed by atoms with Gasteiger partial charge in [-0.2, -0.15) is 0 Å². The van der Waals surface area contributed by atoms with Crippen LogP contribution < -0.4 is 5.32 Å². The number of oxazole rings is 1. The van der Waals surface area contributed by atoms with Crippen LogP contribution in [0, 0.1) is 0 Å². The number of nitrogens with one attached hydrogen (secondary N) is 1. The maximum Gasteiger partial charge on any atom is 0.272 e. The fourth-order valence-corrected chi connectivity index (χ4v) is 7.14. The number of benzene rings is 5. The standard InChI is InChI=1S/C42H35Cl3N2O5S/c43-42(44,45)40(49)46-24-28-8-7-13-34(22-28)29-18-20-33(21-19-29)39-50-35(23-36(51-39)30-16-14-27(25-48)15-17-30)26-53-41-47-37(31-9-3-1-4-10-31)38(52-41)32-11-5-2-6-12-32/h1-22,35-36,39,48H,23-26H2,(H,46,49). The number of nitrogens with zero attached hydrogens (tertiary/aromatic N) is 1. The van der Waals surface area contributed by atoms with Crippen LogP contribution in [-0.2, 0) is 27.4 Å². The Balaban J connectivity index is 1.10. The van der Waals surface area contributed by atoms with Gasteiger partial charge >= 0.3 is 0 Å². The predicted octanol–water partition coefficient (Wildman–Crippen LogP) is 10.5. The van der Waals surface area contributed by atoms with E-state index in [0.717, 1.165) is 56.0 Å². The van der Waals surface area contributed by atoms with Gasteiger partial charge in [0.25, 0.3) is 14.9 Å². The van der Waals surface area contributed by atoms with Gasteiger partial charge in [0.05, 0.1) is 18.8 Å². The molecule has 0 radical (unpaired) electrons. The number of halogens is 3. The van der Waals surface area contributed by atoms with Crippen molar-refractivity contribution in [3.63, 3.8) is 0 Å². The summed E-state index contributed by atoms with van der Waals surface area (Å²) in [5.41, 5.74) is 8.27. The summed E-state index contributed by atoms with van der Waals surface area (Å²) >= 11 is 18.6. The number of amides is 1. The number of aromatic nitrogens is 1. The molecule has 2 N–H and O–H groups in total. The zero-order chi connectivity index (χ0) is 36.8. The Morgan fingerprint density at radius 1 is 0.755 bits per heavy atom. The zero-order valence-electron chi connectivity index (χ0n) is 28.3. The number of rotatable bonds is 11. The first-order chi connectivity index (χ1) is 25.7. The van der Waals surface area contributed by atoms with Gasteiger partial charge in [-0.25, -0.2) is 4.98 Å².